The smallest absolute Gasteiger partial charge is 0.207 e. The van der Waals surface area contributed by atoms with Crippen molar-refractivity contribution < 1.29 is 8.97 Å². The average molecular weight is 206 g/mol. The minimum atomic E-state index is 0.758. The molecule has 80 valence electrons. The molecule has 2 aliphatic heterocycles. The van der Waals surface area contributed by atoms with Gasteiger partial charge in [-0.25, -0.2) is 19.0 Å². The van der Waals surface area contributed by atoms with Crippen LogP contribution in [0.25, 0.3) is 0 Å². The zero-order valence-electron chi connectivity index (χ0n) is 9.81. The van der Waals surface area contributed by atoms with Gasteiger partial charge in [0.05, 0.1) is 26.5 Å². The first-order chi connectivity index (χ1) is 6.96. The third-order valence-electron chi connectivity index (χ3n) is 3.38. The van der Waals surface area contributed by atoms with E-state index in [0.29, 0.717) is 0 Å². The van der Waals surface area contributed by atoms with Crippen LogP contribution in [0.4, 0.5) is 0 Å². The normalized spacial score (nSPS) is 38.4. The number of quaternary nitrogens is 2. The van der Waals surface area contributed by atoms with Gasteiger partial charge in [-0.3, -0.25) is 0 Å². The highest BCUT2D eigenvalue weighted by atomic mass is 15.5. The minimum absolute atomic E-state index is 0.758. The molecule has 15 heavy (non-hydrogen) atoms. The third kappa shape index (κ3) is 1.56. The first-order valence-electron chi connectivity index (χ1n) is 5.12. The number of hydrogen-bond acceptors (Lipinski definition) is 2. The molecule has 2 aliphatic rings. The van der Waals surface area contributed by atoms with Crippen molar-refractivity contribution in [1.82, 2.24) is 0 Å². The molecular weight excluding hydrogens is 188 g/mol. The first kappa shape index (κ1) is 10.3. The summed E-state index contributed by atoms with van der Waals surface area (Å²) in [4.78, 5) is 8.64. The zero-order valence-corrected chi connectivity index (χ0v) is 9.81. The molecule has 2 unspecified atom stereocenters. The van der Waals surface area contributed by atoms with Crippen molar-refractivity contribution in [3.8, 4) is 0 Å². The van der Waals surface area contributed by atoms with E-state index < -0.39 is 0 Å². The largest absolute Gasteiger partial charge is 0.227 e. The highest BCUT2D eigenvalue weighted by Crippen LogP contribution is 2.21. The maximum Gasteiger partial charge on any atom is 0.227 e. The van der Waals surface area contributed by atoms with Crippen LogP contribution in [0.3, 0.4) is 0 Å². The Kier molecular flexibility index (Phi) is 2.13. The molecule has 0 saturated heterocycles. The standard InChI is InChI=1S/C11H18N4/c1-10-12-5-7-14(10,3)9-15(4)8-6-13-11(15)2/h5-8H,9H2,1-4H3/q+2. The molecule has 0 aromatic heterocycles. The Labute approximate surface area is 90.7 Å². The lowest BCUT2D eigenvalue weighted by Crippen LogP contribution is -2.56. The van der Waals surface area contributed by atoms with Gasteiger partial charge in [-0.2, -0.15) is 0 Å². The molecule has 0 aromatic carbocycles. The van der Waals surface area contributed by atoms with Crippen molar-refractivity contribution in [2.45, 2.75) is 13.8 Å². The van der Waals surface area contributed by atoms with Crippen molar-refractivity contribution in [1.29, 1.82) is 0 Å². The summed E-state index contributed by atoms with van der Waals surface area (Å²) in [5, 5.41) is 0. The highest BCUT2D eigenvalue weighted by Gasteiger charge is 2.39. The summed E-state index contributed by atoms with van der Waals surface area (Å²) in [6, 6.07) is 0. The molecule has 2 heterocycles. The van der Waals surface area contributed by atoms with E-state index in [4.69, 9.17) is 0 Å². The fourth-order valence-electron chi connectivity index (χ4n) is 1.97. The zero-order chi connectivity index (χ0) is 11.1. The van der Waals surface area contributed by atoms with Crippen LogP contribution in [0, 0.1) is 0 Å². The predicted molar refractivity (Wildman–Crippen MR) is 61.7 cm³/mol. The lowest BCUT2D eigenvalue weighted by Gasteiger charge is -2.34. The molecule has 0 amide bonds. The van der Waals surface area contributed by atoms with Gasteiger partial charge in [0, 0.05) is 13.8 Å². The van der Waals surface area contributed by atoms with E-state index in [1.165, 1.54) is 0 Å². The summed E-state index contributed by atoms with van der Waals surface area (Å²) in [6.07, 6.45) is 8.01. The number of rotatable bonds is 2. The van der Waals surface area contributed by atoms with Crippen LogP contribution in [0.5, 0.6) is 0 Å². The maximum absolute atomic E-state index is 4.32. The molecule has 4 nitrogen and oxygen atoms in total. The van der Waals surface area contributed by atoms with E-state index in [0.717, 1.165) is 27.3 Å². The van der Waals surface area contributed by atoms with Crippen LogP contribution in [0.1, 0.15) is 13.8 Å². The molecule has 2 atom stereocenters. The number of nitrogens with zero attached hydrogens (tertiary/aromatic N) is 4. The molecule has 0 aromatic rings. The summed E-state index contributed by atoms with van der Waals surface area (Å²) < 4.78 is 1.52. The van der Waals surface area contributed by atoms with E-state index in [2.05, 4.69) is 50.3 Å². The van der Waals surface area contributed by atoms with Crippen molar-refractivity contribution in [2.24, 2.45) is 9.98 Å². The summed E-state index contributed by atoms with van der Waals surface area (Å²) in [7, 11) is 4.34. The van der Waals surface area contributed by atoms with Crippen LogP contribution < -0.4 is 0 Å². The Balaban J connectivity index is 2.23. The molecular formula is C11H18N4+2. The second kappa shape index (κ2) is 3.12. The van der Waals surface area contributed by atoms with Gasteiger partial charge in [0.2, 0.25) is 18.3 Å². The Bertz CT molecular complexity index is 367. The van der Waals surface area contributed by atoms with E-state index in [-0.39, 0.29) is 0 Å². The molecule has 0 bridgehead atoms. The lowest BCUT2D eigenvalue weighted by molar-refractivity contribution is -0.956. The van der Waals surface area contributed by atoms with Crippen LogP contribution in [-0.4, -0.2) is 41.4 Å². The van der Waals surface area contributed by atoms with Gasteiger partial charge in [0.25, 0.3) is 0 Å². The Hall–Kier alpha value is -1.26. The molecule has 2 rings (SSSR count). The molecule has 0 aliphatic carbocycles. The number of aliphatic imine (C=N–C) groups is 2. The second-order valence-corrected chi connectivity index (χ2v) is 4.63. The molecule has 0 radical (unpaired) electrons. The van der Waals surface area contributed by atoms with Gasteiger partial charge in [0.1, 0.15) is 12.4 Å². The summed E-state index contributed by atoms with van der Waals surface area (Å²) in [5.41, 5.74) is 0. The predicted octanol–water partition coefficient (Wildman–Crippen LogP) is 1.64. The van der Waals surface area contributed by atoms with E-state index in [9.17, 15) is 0 Å². The van der Waals surface area contributed by atoms with E-state index in [1.807, 2.05) is 12.4 Å². The van der Waals surface area contributed by atoms with Gasteiger partial charge in [-0.1, -0.05) is 0 Å². The van der Waals surface area contributed by atoms with Crippen molar-refractivity contribution in [3.63, 3.8) is 0 Å². The van der Waals surface area contributed by atoms with Gasteiger partial charge >= 0.3 is 0 Å². The van der Waals surface area contributed by atoms with Gasteiger partial charge in [0.15, 0.2) is 0 Å². The van der Waals surface area contributed by atoms with Gasteiger partial charge in [-0.15, -0.1) is 0 Å². The summed E-state index contributed by atoms with van der Waals surface area (Å²) in [6.45, 7) is 5.06. The topological polar surface area (TPSA) is 24.7 Å². The Morgan fingerprint density at radius 3 is 1.60 bits per heavy atom. The monoisotopic (exact) mass is 206 g/mol. The van der Waals surface area contributed by atoms with Gasteiger partial charge < -0.3 is 0 Å². The van der Waals surface area contributed by atoms with E-state index >= 15 is 0 Å². The molecule has 0 fully saturated rings. The van der Waals surface area contributed by atoms with Crippen LogP contribution >= 0.6 is 0 Å². The minimum Gasteiger partial charge on any atom is -0.207 e. The molecule has 0 N–H and O–H groups in total. The lowest BCUT2D eigenvalue weighted by atomic mass is 10.4. The molecule has 0 saturated carbocycles. The second-order valence-electron chi connectivity index (χ2n) is 4.63. The molecule has 0 spiro atoms. The van der Waals surface area contributed by atoms with Crippen LogP contribution in [-0.2, 0) is 0 Å². The third-order valence-corrected chi connectivity index (χ3v) is 3.38. The first-order valence-corrected chi connectivity index (χ1v) is 5.12. The summed E-state index contributed by atoms with van der Waals surface area (Å²) >= 11 is 0. The Morgan fingerprint density at radius 1 is 0.933 bits per heavy atom. The van der Waals surface area contributed by atoms with Crippen molar-refractivity contribution in [3.05, 3.63) is 24.8 Å². The highest BCUT2D eigenvalue weighted by molar-refractivity contribution is 5.77. The number of amidine groups is 2. The van der Waals surface area contributed by atoms with Gasteiger partial charge in [-0.05, 0) is 0 Å². The quantitative estimate of drug-likeness (QED) is 0.614. The van der Waals surface area contributed by atoms with Crippen molar-refractivity contribution in [2.75, 3.05) is 20.8 Å². The number of hydrogen-bond donors (Lipinski definition) is 0. The van der Waals surface area contributed by atoms with E-state index in [1.54, 1.807) is 0 Å². The fourth-order valence-corrected chi connectivity index (χ4v) is 1.97. The fraction of sp³-hybridized carbons (Fsp3) is 0.455. The Morgan fingerprint density at radius 2 is 1.33 bits per heavy atom. The average Bonchev–Trinajstić information content (AvgIpc) is 2.61. The van der Waals surface area contributed by atoms with Crippen LogP contribution in [0.2, 0.25) is 0 Å². The maximum atomic E-state index is 4.32. The summed E-state index contributed by atoms with van der Waals surface area (Å²) in [5.74, 6) is 2.25. The SMILES string of the molecule is CC1=NC=C[N+]1(C)C[N+]1(C)C=CN=C1C. The van der Waals surface area contributed by atoms with Crippen LogP contribution in [0.15, 0.2) is 34.8 Å². The molecule has 4 heteroatoms. The van der Waals surface area contributed by atoms with Crippen molar-refractivity contribution >= 4 is 11.7 Å².